The molecule has 3 heterocycles. The van der Waals surface area contributed by atoms with Crippen LogP contribution in [0.15, 0.2) is 18.2 Å². The highest BCUT2D eigenvalue weighted by molar-refractivity contribution is 5.92. The van der Waals surface area contributed by atoms with Gasteiger partial charge >= 0.3 is 0 Å². The molecule has 1 aliphatic heterocycles. The number of aromatic nitrogens is 3. The van der Waals surface area contributed by atoms with Crippen LogP contribution in [-0.4, -0.2) is 50.3 Å². The first-order valence-corrected chi connectivity index (χ1v) is 11.7. The number of fused-ring (bicyclic) bond motifs is 1. The van der Waals surface area contributed by atoms with E-state index in [1.54, 1.807) is 4.90 Å². The summed E-state index contributed by atoms with van der Waals surface area (Å²) in [5.74, 6) is -3.49. The van der Waals surface area contributed by atoms with Crippen LogP contribution in [0.2, 0.25) is 0 Å². The summed E-state index contributed by atoms with van der Waals surface area (Å²) in [6, 6.07) is 5.95. The maximum absolute atomic E-state index is 13.3. The number of nitrogens with one attached hydrogen (secondary N) is 1. The first kappa shape index (κ1) is 20.1. The van der Waals surface area contributed by atoms with E-state index < -0.39 is 11.8 Å². The molecule has 32 heavy (non-hydrogen) atoms. The van der Waals surface area contributed by atoms with E-state index in [0.717, 1.165) is 56.3 Å². The van der Waals surface area contributed by atoms with Crippen molar-refractivity contribution in [3.8, 4) is 0 Å². The lowest BCUT2D eigenvalue weighted by Gasteiger charge is -2.39. The van der Waals surface area contributed by atoms with Crippen molar-refractivity contribution in [2.75, 3.05) is 18.4 Å². The number of alkyl halides is 2. The molecular formula is C23H27F2N5O2. The fourth-order valence-corrected chi connectivity index (χ4v) is 5.66. The predicted octanol–water partition coefficient (Wildman–Crippen LogP) is 3.61. The van der Waals surface area contributed by atoms with Gasteiger partial charge < -0.3 is 4.90 Å². The molecule has 1 saturated heterocycles. The minimum Gasteiger partial charge on any atom is -0.342 e. The normalized spacial score (nSPS) is 28.2. The smallest absolute Gasteiger partial charge is 0.260 e. The molecule has 0 radical (unpaired) electrons. The van der Waals surface area contributed by atoms with Crippen molar-refractivity contribution in [2.24, 2.45) is 17.3 Å². The summed E-state index contributed by atoms with van der Waals surface area (Å²) in [5.41, 5.74) is 1.97. The van der Waals surface area contributed by atoms with E-state index in [2.05, 4.69) is 21.5 Å². The van der Waals surface area contributed by atoms with Crippen LogP contribution in [0.1, 0.15) is 63.0 Å². The summed E-state index contributed by atoms with van der Waals surface area (Å²) in [5, 5.41) is 7.40. The van der Waals surface area contributed by atoms with Crippen LogP contribution in [0, 0.1) is 17.3 Å². The second-order valence-corrected chi connectivity index (χ2v) is 10.2. The Morgan fingerprint density at radius 3 is 2.50 bits per heavy atom. The summed E-state index contributed by atoms with van der Waals surface area (Å²) in [6.07, 6.45) is 6.39. The van der Waals surface area contributed by atoms with E-state index in [9.17, 15) is 18.4 Å². The number of halogens is 2. The van der Waals surface area contributed by atoms with Crippen molar-refractivity contribution in [2.45, 2.75) is 63.2 Å². The molecule has 4 aliphatic rings. The quantitative estimate of drug-likeness (QED) is 0.783. The van der Waals surface area contributed by atoms with Gasteiger partial charge in [0.15, 0.2) is 5.65 Å². The first-order valence-electron chi connectivity index (χ1n) is 11.7. The molecule has 7 nitrogen and oxygen atoms in total. The van der Waals surface area contributed by atoms with E-state index >= 15 is 0 Å². The summed E-state index contributed by atoms with van der Waals surface area (Å²) in [4.78, 5) is 30.5. The van der Waals surface area contributed by atoms with E-state index in [1.807, 2.05) is 16.6 Å². The van der Waals surface area contributed by atoms with Crippen LogP contribution in [0.3, 0.4) is 0 Å². The number of pyridine rings is 1. The topological polar surface area (TPSA) is 79.6 Å². The average molecular weight is 443 g/mol. The summed E-state index contributed by atoms with van der Waals surface area (Å²) in [6.45, 7) is 1.14. The molecule has 1 spiro atoms. The number of carbonyl (C=O) groups excluding carboxylic acids is 2. The molecule has 9 heteroatoms. The van der Waals surface area contributed by atoms with Gasteiger partial charge in [0, 0.05) is 37.0 Å². The van der Waals surface area contributed by atoms with E-state index in [1.165, 1.54) is 0 Å². The number of piperidine rings is 1. The van der Waals surface area contributed by atoms with Gasteiger partial charge in [-0.15, -0.1) is 5.10 Å². The molecule has 4 fully saturated rings. The second-order valence-electron chi connectivity index (χ2n) is 10.2. The Morgan fingerprint density at radius 2 is 1.81 bits per heavy atom. The van der Waals surface area contributed by atoms with Gasteiger partial charge in [-0.2, -0.15) is 4.98 Å². The Hall–Kier alpha value is -2.58. The molecule has 1 N–H and O–H groups in total. The highest BCUT2D eigenvalue weighted by Gasteiger charge is 2.62. The van der Waals surface area contributed by atoms with Crippen LogP contribution < -0.4 is 5.32 Å². The number of amides is 2. The van der Waals surface area contributed by atoms with Gasteiger partial charge in [0.2, 0.25) is 17.8 Å². The Kier molecular flexibility index (Phi) is 4.36. The maximum Gasteiger partial charge on any atom is 0.260 e. The Bertz CT molecular complexity index is 1090. The first-order chi connectivity index (χ1) is 15.3. The highest BCUT2D eigenvalue weighted by Crippen LogP contribution is 2.54. The molecule has 3 saturated carbocycles. The zero-order valence-electron chi connectivity index (χ0n) is 17.9. The van der Waals surface area contributed by atoms with Crippen LogP contribution in [0.25, 0.3) is 5.65 Å². The van der Waals surface area contributed by atoms with Gasteiger partial charge in [0.1, 0.15) is 5.92 Å². The van der Waals surface area contributed by atoms with Crippen LogP contribution in [0.4, 0.5) is 14.7 Å². The number of hydrogen-bond donors (Lipinski definition) is 1. The molecule has 3 aliphatic carbocycles. The molecule has 2 aromatic heterocycles. The van der Waals surface area contributed by atoms with Gasteiger partial charge in [-0.1, -0.05) is 6.07 Å². The third-order valence-electron chi connectivity index (χ3n) is 7.95. The van der Waals surface area contributed by atoms with Crippen LogP contribution in [0.5, 0.6) is 0 Å². The largest absolute Gasteiger partial charge is 0.342 e. The Labute approximate surface area is 184 Å². The zero-order chi connectivity index (χ0) is 22.1. The molecular weight excluding hydrogens is 416 g/mol. The minimum atomic E-state index is -2.79. The fourth-order valence-electron chi connectivity index (χ4n) is 5.66. The fraction of sp³-hybridized carbons (Fsp3) is 0.652. The van der Waals surface area contributed by atoms with Gasteiger partial charge in [0.05, 0.1) is 0 Å². The molecule has 2 amide bonds. The standard InChI is InChI=1S/C23H27F2N5O2/c24-23(25)13-16(23)20(32)29-10-8-22(9-11-29)7-6-15(12-22)17-2-1-3-18-26-21(28-30(17)18)27-19(31)14-4-5-14/h1-3,14-16H,4-13H2,(H,27,28,31). The number of likely N-dealkylation sites (tertiary alicyclic amines) is 1. The highest BCUT2D eigenvalue weighted by atomic mass is 19.3. The van der Waals surface area contributed by atoms with Crippen molar-refractivity contribution >= 4 is 23.4 Å². The Balaban J connectivity index is 1.14. The second kappa shape index (κ2) is 6.96. The van der Waals surface area contributed by atoms with Crippen molar-refractivity contribution in [1.82, 2.24) is 19.5 Å². The van der Waals surface area contributed by atoms with Crippen LogP contribution in [-0.2, 0) is 9.59 Å². The van der Waals surface area contributed by atoms with Crippen molar-refractivity contribution in [1.29, 1.82) is 0 Å². The van der Waals surface area contributed by atoms with E-state index in [-0.39, 0.29) is 29.6 Å². The summed E-state index contributed by atoms with van der Waals surface area (Å²) in [7, 11) is 0. The number of hydrogen-bond acceptors (Lipinski definition) is 4. The number of anilines is 1. The molecule has 2 aromatic rings. The average Bonchev–Trinajstić information content (AvgIpc) is 3.64. The molecule has 6 rings (SSSR count). The molecule has 0 aromatic carbocycles. The molecule has 170 valence electrons. The van der Waals surface area contributed by atoms with Gasteiger partial charge in [-0.05, 0) is 62.5 Å². The van der Waals surface area contributed by atoms with Crippen molar-refractivity contribution in [3.05, 3.63) is 23.9 Å². The SMILES string of the molecule is O=C(Nc1nc2cccc(C3CCC4(CCN(C(=O)C5CC5(F)F)CC4)C3)n2n1)C1CC1. The molecule has 0 bridgehead atoms. The lowest BCUT2D eigenvalue weighted by atomic mass is 9.76. The van der Waals surface area contributed by atoms with E-state index in [4.69, 9.17) is 0 Å². The van der Waals surface area contributed by atoms with Gasteiger partial charge in [-0.25, -0.2) is 13.3 Å². The third-order valence-corrected chi connectivity index (χ3v) is 7.95. The number of rotatable bonds is 4. The Morgan fingerprint density at radius 1 is 1.06 bits per heavy atom. The third kappa shape index (κ3) is 3.46. The van der Waals surface area contributed by atoms with Gasteiger partial charge in [0.25, 0.3) is 5.92 Å². The lowest BCUT2D eigenvalue weighted by molar-refractivity contribution is -0.137. The zero-order valence-corrected chi connectivity index (χ0v) is 17.9. The van der Waals surface area contributed by atoms with E-state index in [0.29, 0.717) is 25.0 Å². The summed E-state index contributed by atoms with van der Waals surface area (Å²) < 4.78 is 28.4. The van der Waals surface area contributed by atoms with Gasteiger partial charge in [-0.3, -0.25) is 14.9 Å². The maximum atomic E-state index is 13.3. The lowest BCUT2D eigenvalue weighted by Crippen LogP contribution is -2.43. The molecule has 2 atom stereocenters. The van der Waals surface area contributed by atoms with Crippen LogP contribution >= 0.6 is 0 Å². The number of nitrogens with zero attached hydrogens (tertiary/aromatic N) is 4. The van der Waals surface area contributed by atoms with Crippen molar-refractivity contribution in [3.63, 3.8) is 0 Å². The van der Waals surface area contributed by atoms with Crippen molar-refractivity contribution < 1.29 is 18.4 Å². The molecule has 2 unspecified atom stereocenters. The number of carbonyl (C=O) groups is 2. The summed E-state index contributed by atoms with van der Waals surface area (Å²) >= 11 is 0. The minimum absolute atomic E-state index is 0.00691. The predicted molar refractivity (Wildman–Crippen MR) is 112 cm³/mol. The monoisotopic (exact) mass is 443 g/mol.